The second-order valence-corrected chi connectivity index (χ2v) is 8.28. The predicted molar refractivity (Wildman–Crippen MR) is 144 cm³/mol. The standard InChI is InChI=1S/C29H31N3O5/c1-6-37-29(33)19(2)21-13-15-26-31-23(14-12-20-10-8-7-9-11-20)28(32(26)18-21)30-22-16-24(34-3)27(36-5)25(17-22)35-4/h7-11,13,15-18,30H,2,6,12,14H2,1,3-5H3. The Bertz CT molecular complexity index is 1390. The van der Waals surface area contributed by atoms with Crippen molar-refractivity contribution in [3.05, 3.63) is 84.2 Å². The highest BCUT2D eigenvalue weighted by atomic mass is 16.5. The molecule has 8 heteroatoms. The molecule has 0 saturated heterocycles. The Morgan fingerprint density at radius 2 is 1.68 bits per heavy atom. The van der Waals surface area contributed by atoms with Crippen molar-refractivity contribution < 1.29 is 23.7 Å². The molecule has 0 spiro atoms. The van der Waals surface area contributed by atoms with Crippen LogP contribution in [0.25, 0.3) is 11.2 Å². The lowest BCUT2D eigenvalue weighted by Crippen LogP contribution is -2.07. The molecule has 0 radical (unpaired) electrons. The monoisotopic (exact) mass is 501 g/mol. The largest absolute Gasteiger partial charge is 0.493 e. The first-order chi connectivity index (χ1) is 18.0. The van der Waals surface area contributed by atoms with Gasteiger partial charge in [-0.2, -0.15) is 0 Å². The van der Waals surface area contributed by atoms with Crippen molar-refractivity contribution in [2.24, 2.45) is 0 Å². The van der Waals surface area contributed by atoms with Gasteiger partial charge in [-0.1, -0.05) is 36.9 Å². The number of esters is 1. The number of aryl methyl sites for hydroxylation is 2. The van der Waals surface area contributed by atoms with Crippen LogP contribution in [0.3, 0.4) is 0 Å². The number of pyridine rings is 1. The van der Waals surface area contributed by atoms with Gasteiger partial charge in [0, 0.05) is 29.6 Å². The molecule has 4 rings (SSSR count). The summed E-state index contributed by atoms with van der Waals surface area (Å²) in [6, 6.07) is 17.6. The number of nitrogens with one attached hydrogen (secondary N) is 1. The van der Waals surface area contributed by atoms with Gasteiger partial charge >= 0.3 is 5.97 Å². The van der Waals surface area contributed by atoms with E-state index in [4.69, 9.17) is 23.9 Å². The fourth-order valence-corrected chi connectivity index (χ4v) is 4.11. The number of carbonyl (C=O) groups excluding carboxylic acids is 1. The molecule has 0 saturated carbocycles. The molecule has 2 aromatic heterocycles. The van der Waals surface area contributed by atoms with E-state index in [1.165, 1.54) is 5.56 Å². The third-order valence-corrected chi connectivity index (χ3v) is 5.98. The zero-order valence-electron chi connectivity index (χ0n) is 21.5. The Kier molecular flexibility index (Phi) is 7.98. The van der Waals surface area contributed by atoms with E-state index in [9.17, 15) is 4.79 Å². The number of imidazole rings is 1. The van der Waals surface area contributed by atoms with Crippen molar-refractivity contribution >= 4 is 28.7 Å². The molecule has 192 valence electrons. The highest BCUT2D eigenvalue weighted by molar-refractivity contribution is 6.15. The quantitative estimate of drug-likeness (QED) is 0.216. The maximum absolute atomic E-state index is 12.3. The molecule has 0 atom stereocenters. The summed E-state index contributed by atoms with van der Waals surface area (Å²) in [7, 11) is 4.72. The van der Waals surface area contributed by atoms with Gasteiger partial charge in [-0.25, -0.2) is 9.78 Å². The van der Waals surface area contributed by atoms with E-state index in [-0.39, 0.29) is 12.2 Å². The molecule has 0 unspecified atom stereocenters. The summed E-state index contributed by atoms with van der Waals surface area (Å²) in [5, 5.41) is 3.49. The van der Waals surface area contributed by atoms with Crippen molar-refractivity contribution in [2.75, 3.05) is 33.3 Å². The summed E-state index contributed by atoms with van der Waals surface area (Å²) in [6.07, 6.45) is 3.36. The van der Waals surface area contributed by atoms with Crippen LogP contribution in [0, 0.1) is 0 Å². The van der Waals surface area contributed by atoms with E-state index < -0.39 is 5.97 Å². The number of hydrogen-bond acceptors (Lipinski definition) is 7. The number of hydrogen-bond donors (Lipinski definition) is 1. The Morgan fingerprint density at radius 3 is 2.30 bits per heavy atom. The fourth-order valence-electron chi connectivity index (χ4n) is 4.11. The van der Waals surface area contributed by atoms with Gasteiger partial charge in [0.15, 0.2) is 11.5 Å². The summed E-state index contributed by atoms with van der Waals surface area (Å²) in [6.45, 7) is 5.98. The molecule has 4 aromatic rings. The van der Waals surface area contributed by atoms with Crippen molar-refractivity contribution in [3.8, 4) is 17.2 Å². The second-order valence-electron chi connectivity index (χ2n) is 8.28. The van der Waals surface area contributed by atoms with E-state index in [1.807, 2.05) is 53.1 Å². The van der Waals surface area contributed by atoms with Crippen LogP contribution in [0.4, 0.5) is 11.5 Å². The van der Waals surface area contributed by atoms with Crippen molar-refractivity contribution in [3.63, 3.8) is 0 Å². The first-order valence-corrected chi connectivity index (χ1v) is 12.0. The van der Waals surface area contributed by atoms with Crippen LogP contribution in [-0.4, -0.2) is 43.3 Å². The van der Waals surface area contributed by atoms with Crippen LogP contribution in [0.2, 0.25) is 0 Å². The lowest BCUT2D eigenvalue weighted by atomic mass is 10.1. The molecule has 37 heavy (non-hydrogen) atoms. The van der Waals surface area contributed by atoms with Gasteiger partial charge in [0.1, 0.15) is 11.5 Å². The molecule has 0 aliphatic carbocycles. The highest BCUT2D eigenvalue weighted by Crippen LogP contribution is 2.41. The van der Waals surface area contributed by atoms with Crippen LogP contribution in [0.1, 0.15) is 23.7 Å². The second kappa shape index (κ2) is 11.5. The lowest BCUT2D eigenvalue weighted by Gasteiger charge is -2.16. The minimum Gasteiger partial charge on any atom is -0.493 e. The number of aromatic nitrogens is 2. The minimum atomic E-state index is -0.453. The molecule has 8 nitrogen and oxygen atoms in total. The van der Waals surface area contributed by atoms with E-state index in [1.54, 1.807) is 28.3 Å². The fraction of sp³-hybridized carbons (Fsp3) is 0.241. The predicted octanol–water partition coefficient (Wildman–Crippen LogP) is 5.47. The van der Waals surface area contributed by atoms with Crippen LogP contribution >= 0.6 is 0 Å². The number of fused-ring (bicyclic) bond motifs is 1. The van der Waals surface area contributed by atoms with Crippen LogP contribution < -0.4 is 19.5 Å². The molecular weight excluding hydrogens is 470 g/mol. The Labute approximate surface area is 216 Å². The molecule has 0 aliphatic heterocycles. The molecule has 0 amide bonds. The maximum atomic E-state index is 12.3. The minimum absolute atomic E-state index is 0.280. The Hall–Kier alpha value is -4.46. The Morgan fingerprint density at radius 1 is 0.973 bits per heavy atom. The molecule has 1 N–H and O–H groups in total. The van der Waals surface area contributed by atoms with Gasteiger partial charge in [0.05, 0.1) is 39.2 Å². The van der Waals surface area contributed by atoms with Gasteiger partial charge in [-0.3, -0.25) is 4.40 Å². The van der Waals surface area contributed by atoms with E-state index in [0.717, 1.165) is 29.3 Å². The topological polar surface area (TPSA) is 83.3 Å². The van der Waals surface area contributed by atoms with Crippen LogP contribution in [0.5, 0.6) is 17.2 Å². The third kappa shape index (κ3) is 5.53. The van der Waals surface area contributed by atoms with Crippen molar-refractivity contribution in [2.45, 2.75) is 19.8 Å². The zero-order chi connectivity index (χ0) is 26.4. The third-order valence-electron chi connectivity index (χ3n) is 5.98. The summed E-state index contributed by atoms with van der Waals surface area (Å²) < 4.78 is 23.6. The molecule has 2 heterocycles. The number of anilines is 2. The van der Waals surface area contributed by atoms with Gasteiger partial charge < -0.3 is 24.3 Å². The number of rotatable bonds is 11. The van der Waals surface area contributed by atoms with E-state index in [0.29, 0.717) is 29.2 Å². The summed E-state index contributed by atoms with van der Waals surface area (Å²) in [5.74, 6) is 1.87. The van der Waals surface area contributed by atoms with Crippen LogP contribution in [-0.2, 0) is 22.4 Å². The maximum Gasteiger partial charge on any atom is 0.338 e. The number of benzene rings is 2. The van der Waals surface area contributed by atoms with Gasteiger partial charge in [0.2, 0.25) is 5.75 Å². The number of methoxy groups -OCH3 is 3. The summed E-state index contributed by atoms with van der Waals surface area (Å²) in [4.78, 5) is 17.2. The first kappa shape index (κ1) is 25.6. The number of nitrogens with zero attached hydrogens (tertiary/aromatic N) is 2. The smallest absolute Gasteiger partial charge is 0.338 e. The molecule has 2 aromatic carbocycles. The Balaban J connectivity index is 1.78. The highest BCUT2D eigenvalue weighted by Gasteiger charge is 2.19. The zero-order valence-corrected chi connectivity index (χ0v) is 21.5. The first-order valence-electron chi connectivity index (χ1n) is 12.0. The van der Waals surface area contributed by atoms with Gasteiger partial charge in [0.25, 0.3) is 0 Å². The van der Waals surface area contributed by atoms with Crippen molar-refractivity contribution in [1.29, 1.82) is 0 Å². The van der Waals surface area contributed by atoms with E-state index in [2.05, 4.69) is 24.0 Å². The normalized spacial score (nSPS) is 10.7. The molecule has 0 fully saturated rings. The van der Waals surface area contributed by atoms with Gasteiger partial charge in [-0.15, -0.1) is 0 Å². The average Bonchev–Trinajstić information content (AvgIpc) is 3.27. The lowest BCUT2D eigenvalue weighted by molar-refractivity contribution is -0.136. The SMILES string of the molecule is C=C(C(=O)OCC)c1ccc2nc(CCc3ccccc3)c(Nc3cc(OC)c(OC)c(OC)c3)n2c1. The van der Waals surface area contributed by atoms with Crippen LogP contribution in [0.15, 0.2) is 67.4 Å². The number of ether oxygens (including phenoxy) is 4. The molecule has 0 bridgehead atoms. The number of carbonyl (C=O) groups is 1. The van der Waals surface area contributed by atoms with E-state index >= 15 is 0 Å². The summed E-state index contributed by atoms with van der Waals surface area (Å²) in [5.41, 5.74) is 4.48. The summed E-state index contributed by atoms with van der Waals surface area (Å²) >= 11 is 0. The molecule has 0 aliphatic rings. The van der Waals surface area contributed by atoms with Gasteiger partial charge in [-0.05, 0) is 37.5 Å². The average molecular weight is 502 g/mol. The molecular formula is C29H31N3O5. The van der Waals surface area contributed by atoms with Crippen molar-refractivity contribution in [1.82, 2.24) is 9.38 Å².